The second kappa shape index (κ2) is 10.0. The zero-order valence-corrected chi connectivity index (χ0v) is 17.1. The van der Waals surface area contributed by atoms with Crippen LogP contribution in [0, 0.1) is 5.92 Å². The van der Waals surface area contributed by atoms with Crippen molar-refractivity contribution in [2.24, 2.45) is 5.92 Å². The Bertz CT molecular complexity index is 571. The van der Waals surface area contributed by atoms with Crippen molar-refractivity contribution in [3.63, 3.8) is 0 Å². The summed E-state index contributed by atoms with van der Waals surface area (Å²) >= 11 is 0. The first kappa shape index (κ1) is 22.6. The van der Waals surface area contributed by atoms with Crippen LogP contribution >= 0.6 is 0 Å². The van der Waals surface area contributed by atoms with Crippen LogP contribution in [0.1, 0.15) is 41.0 Å². The normalized spacial score (nSPS) is 15.1. The molecule has 3 amide bonds. The summed E-state index contributed by atoms with van der Waals surface area (Å²) in [5.74, 6) is -0.657. The van der Waals surface area contributed by atoms with Gasteiger partial charge in [-0.05, 0) is 27.7 Å². The number of esters is 1. The number of allylic oxidation sites excluding steroid dienone is 1. The van der Waals surface area contributed by atoms with Gasteiger partial charge >= 0.3 is 18.1 Å². The van der Waals surface area contributed by atoms with Crippen molar-refractivity contribution < 1.29 is 23.9 Å². The van der Waals surface area contributed by atoms with E-state index in [1.54, 1.807) is 32.6 Å². The number of carbonyl (C=O) groups excluding carboxylic acids is 3. The predicted molar refractivity (Wildman–Crippen MR) is 101 cm³/mol. The molecule has 0 saturated heterocycles. The van der Waals surface area contributed by atoms with Gasteiger partial charge in [0.05, 0.1) is 19.7 Å². The van der Waals surface area contributed by atoms with Crippen molar-refractivity contribution in [2.45, 2.75) is 46.6 Å². The molecule has 1 unspecified atom stereocenters. The van der Waals surface area contributed by atoms with Gasteiger partial charge in [-0.15, -0.1) is 0 Å². The number of hydrogen-bond acceptors (Lipinski definition) is 6. The molecule has 1 aliphatic rings. The van der Waals surface area contributed by atoms with Gasteiger partial charge in [-0.3, -0.25) is 9.69 Å². The summed E-state index contributed by atoms with van der Waals surface area (Å²) in [6, 6.07) is -0.278. The Labute approximate surface area is 161 Å². The van der Waals surface area contributed by atoms with E-state index >= 15 is 0 Å². The minimum absolute atomic E-state index is 0.254. The number of nitrogens with zero attached hydrogens (tertiary/aromatic N) is 2. The van der Waals surface area contributed by atoms with E-state index in [-0.39, 0.29) is 31.0 Å². The quantitative estimate of drug-likeness (QED) is 0.513. The van der Waals surface area contributed by atoms with Crippen LogP contribution in [0.3, 0.4) is 0 Å². The molecule has 0 saturated carbocycles. The Balaban J connectivity index is 2.51. The molecule has 154 valence electrons. The summed E-state index contributed by atoms with van der Waals surface area (Å²) in [6.07, 6.45) is 1.77. The minimum Gasteiger partial charge on any atom is -0.469 e. The largest absolute Gasteiger partial charge is 0.469 e. The lowest BCUT2D eigenvalue weighted by atomic mass is 10.1. The number of carbonyl (C=O) groups is 3. The van der Waals surface area contributed by atoms with E-state index in [4.69, 9.17) is 9.47 Å². The first-order chi connectivity index (χ1) is 12.6. The van der Waals surface area contributed by atoms with Crippen molar-refractivity contribution in [2.75, 3.05) is 33.4 Å². The maximum Gasteiger partial charge on any atom is 0.407 e. The number of ether oxygens (including phenoxy) is 2. The molecule has 9 heteroatoms. The number of amides is 3. The fourth-order valence-electron chi connectivity index (χ4n) is 2.48. The molecule has 0 bridgehead atoms. The molecule has 1 atom stereocenters. The average Bonchev–Trinajstić information content (AvgIpc) is 2.99. The maximum atomic E-state index is 12.5. The lowest BCUT2D eigenvalue weighted by Gasteiger charge is -2.23. The number of urea groups is 1. The smallest absolute Gasteiger partial charge is 0.407 e. The summed E-state index contributed by atoms with van der Waals surface area (Å²) < 4.78 is 9.89. The van der Waals surface area contributed by atoms with E-state index in [1.165, 1.54) is 7.11 Å². The first-order valence-electron chi connectivity index (χ1n) is 9.12. The fraction of sp³-hybridized carbons (Fsp3) is 0.722. The number of methoxy groups -OCH3 is 1. The zero-order valence-electron chi connectivity index (χ0n) is 17.1. The Hall–Kier alpha value is -2.45. The van der Waals surface area contributed by atoms with E-state index in [0.29, 0.717) is 13.1 Å². The summed E-state index contributed by atoms with van der Waals surface area (Å²) in [6.45, 7) is 10.8. The van der Waals surface area contributed by atoms with E-state index in [0.717, 1.165) is 12.2 Å². The Morgan fingerprint density at radius 2 is 1.85 bits per heavy atom. The summed E-state index contributed by atoms with van der Waals surface area (Å²) in [5, 5.41) is 5.36. The molecule has 0 fully saturated rings. The first-order valence-corrected chi connectivity index (χ1v) is 9.12. The SMILES string of the molecule is CCN1C=C(CC(C)C(=O)OC)N(C(=O)NCCNC(=O)OC(C)(C)C)C1. The number of hydrogen-bond donors (Lipinski definition) is 2. The van der Waals surface area contributed by atoms with E-state index < -0.39 is 11.7 Å². The molecule has 1 rings (SSSR count). The molecule has 9 nitrogen and oxygen atoms in total. The van der Waals surface area contributed by atoms with Gasteiger partial charge in [0, 0.05) is 38.0 Å². The van der Waals surface area contributed by atoms with E-state index in [9.17, 15) is 14.4 Å². The molecule has 0 aromatic carbocycles. The van der Waals surface area contributed by atoms with Crippen molar-refractivity contribution in [1.82, 2.24) is 20.4 Å². The van der Waals surface area contributed by atoms with Gasteiger partial charge in [-0.2, -0.15) is 0 Å². The van der Waals surface area contributed by atoms with Gasteiger partial charge in [-0.1, -0.05) is 6.92 Å². The van der Waals surface area contributed by atoms with Crippen LogP contribution < -0.4 is 10.6 Å². The second-order valence-electron chi connectivity index (χ2n) is 7.38. The monoisotopic (exact) mass is 384 g/mol. The molecule has 0 aliphatic carbocycles. The molecular formula is C18H32N4O5. The van der Waals surface area contributed by atoms with Gasteiger partial charge in [0.2, 0.25) is 0 Å². The highest BCUT2D eigenvalue weighted by Crippen LogP contribution is 2.23. The molecule has 27 heavy (non-hydrogen) atoms. The Kier molecular flexibility index (Phi) is 8.39. The third-order valence-electron chi connectivity index (χ3n) is 3.84. The van der Waals surface area contributed by atoms with Gasteiger partial charge < -0.3 is 25.0 Å². The third-order valence-corrected chi connectivity index (χ3v) is 3.84. The fourth-order valence-corrected chi connectivity index (χ4v) is 2.48. The maximum absolute atomic E-state index is 12.5. The average molecular weight is 384 g/mol. The predicted octanol–water partition coefficient (Wildman–Crippen LogP) is 1.86. The summed E-state index contributed by atoms with van der Waals surface area (Å²) in [4.78, 5) is 39.3. The molecule has 1 heterocycles. The molecule has 0 spiro atoms. The van der Waals surface area contributed by atoms with Crippen LogP contribution in [0.25, 0.3) is 0 Å². The lowest BCUT2D eigenvalue weighted by Crippen LogP contribution is -2.44. The van der Waals surface area contributed by atoms with Crippen molar-refractivity contribution >= 4 is 18.1 Å². The van der Waals surface area contributed by atoms with Gasteiger partial charge in [0.25, 0.3) is 0 Å². The van der Waals surface area contributed by atoms with E-state index in [2.05, 4.69) is 10.6 Å². The number of nitrogens with one attached hydrogen (secondary N) is 2. The lowest BCUT2D eigenvalue weighted by molar-refractivity contribution is -0.144. The van der Waals surface area contributed by atoms with E-state index in [1.807, 2.05) is 18.0 Å². The summed E-state index contributed by atoms with van der Waals surface area (Å²) in [7, 11) is 1.35. The Morgan fingerprint density at radius 3 is 2.41 bits per heavy atom. The number of rotatable bonds is 7. The highest BCUT2D eigenvalue weighted by molar-refractivity contribution is 5.77. The zero-order chi connectivity index (χ0) is 20.6. The van der Waals surface area contributed by atoms with Gasteiger partial charge in [-0.25, -0.2) is 9.59 Å². The van der Waals surface area contributed by atoms with Crippen molar-refractivity contribution in [3.8, 4) is 0 Å². The minimum atomic E-state index is -0.567. The van der Waals surface area contributed by atoms with Gasteiger partial charge in [0.1, 0.15) is 5.60 Å². The van der Waals surface area contributed by atoms with Crippen LogP contribution in [0.4, 0.5) is 9.59 Å². The van der Waals surface area contributed by atoms with Crippen molar-refractivity contribution in [3.05, 3.63) is 11.9 Å². The standard InChI is InChI=1S/C18H32N4O5/c1-7-21-11-14(10-13(2)15(23)26-6)22(12-21)16(24)19-8-9-20-17(25)27-18(3,4)5/h11,13H,7-10,12H2,1-6H3,(H,19,24)(H,20,25). The molecule has 0 aromatic rings. The van der Waals surface area contributed by atoms with Crippen LogP contribution in [0.5, 0.6) is 0 Å². The van der Waals surface area contributed by atoms with Crippen LogP contribution in [-0.4, -0.2) is 66.9 Å². The molecular weight excluding hydrogens is 352 g/mol. The Morgan fingerprint density at radius 1 is 1.22 bits per heavy atom. The molecule has 1 aliphatic heterocycles. The van der Waals surface area contributed by atoms with Crippen LogP contribution in [0.2, 0.25) is 0 Å². The van der Waals surface area contributed by atoms with Gasteiger partial charge in [0.15, 0.2) is 0 Å². The highest BCUT2D eigenvalue weighted by Gasteiger charge is 2.28. The molecule has 0 aromatic heterocycles. The second-order valence-corrected chi connectivity index (χ2v) is 7.38. The molecule has 0 radical (unpaired) electrons. The molecule has 2 N–H and O–H groups in total. The van der Waals surface area contributed by atoms with Crippen LogP contribution in [-0.2, 0) is 14.3 Å². The number of alkyl carbamates (subject to hydrolysis) is 1. The highest BCUT2D eigenvalue weighted by atomic mass is 16.6. The van der Waals surface area contributed by atoms with Crippen LogP contribution in [0.15, 0.2) is 11.9 Å². The van der Waals surface area contributed by atoms with Crippen molar-refractivity contribution in [1.29, 1.82) is 0 Å². The third kappa shape index (κ3) is 7.76. The topological polar surface area (TPSA) is 100 Å². The summed E-state index contributed by atoms with van der Waals surface area (Å²) in [5.41, 5.74) is 0.190.